The molecule has 1 N–H and O–H groups in total. The summed E-state index contributed by atoms with van der Waals surface area (Å²) in [6.45, 7) is 5.46. The summed E-state index contributed by atoms with van der Waals surface area (Å²) >= 11 is 0. The maximum Gasteiger partial charge on any atom is 0.0419 e. The van der Waals surface area contributed by atoms with Gasteiger partial charge in [0, 0.05) is 24.4 Å². The van der Waals surface area contributed by atoms with Gasteiger partial charge in [0.05, 0.1) is 0 Å². The van der Waals surface area contributed by atoms with Gasteiger partial charge in [0.2, 0.25) is 0 Å². The van der Waals surface area contributed by atoms with Gasteiger partial charge in [-0.1, -0.05) is 19.4 Å². The fourth-order valence-electron chi connectivity index (χ4n) is 2.42. The van der Waals surface area contributed by atoms with Crippen molar-refractivity contribution in [1.29, 1.82) is 0 Å². The van der Waals surface area contributed by atoms with E-state index in [2.05, 4.69) is 36.3 Å². The number of rotatable bonds is 6. The summed E-state index contributed by atoms with van der Waals surface area (Å²) < 4.78 is 0. The van der Waals surface area contributed by atoms with Crippen molar-refractivity contribution in [3.63, 3.8) is 0 Å². The molecule has 1 saturated carbocycles. The van der Waals surface area contributed by atoms with Crippen LogP contribution in [0.25, 0.3) is 0 Å². The van der Waals surface area contributed by atoms with Crippen LogP contribution in [0, 0.1) is 12.8 Å². The molecule has 94 valence electrons. The molecule has 0 aliphatic heterocycles. The summed E-state index contributed by atoms with van der Waals surface area (Å²) in [7, 11) is 0. The van der Waals surface area contributed by atoms with Crippen LogP contribution in [-0.2, 0) is 6.42 Å². The molecule has 0 saturated heterocycles. The standard InChI is InChI=1S/C15H24N2/c1-3-9-16-15(13-5-4-6-13)10-14-8-7-12(2)11-17-14/h7-8,11,13,15-16H,3-6,9-10H2,1-2H3. The second kappa shape index (κ2) is 6.15. The molecular weight excluding hydrogens is 208 g/mol. The lowest BCUT2D eigenvalue weighted by molar-refractivity contribution is 0.226. The van der Waals surface area contributed by atoms with Gasteiger partial charge >= 0.3 is 0 Å². The summed E-state index contributed by atoms with van der Waals surface area (Å²) in [6.07, 6.45) is 8.49. The Morgan fingerprint density at radius 1 is 1.41 bits per heavy atom. The molecule has 0 amide bonds. The predicted molar refractivity (Wildman–Crippen MR) is 72.1 cm³/mol. The van der Waals surface area contributed by atoms with E-state index in [0.29, 0.717) is 6.04 Å². The van der Waals surface area contributed by atoms with Crippen LogP contribution in [0.4, 0.5) is 0 Å². The molecule has 1 fully saturated rings. The summed E-state index contributed by atoms with van der Waals surface area (Å²) in [6, 6.07) is 4.98. The second-order valence-electron chi connectivity index (χ2n) is 5.28. The number of aryl methyl sites for hydroxylation is 1. The number of aromatic nitrogens is 1. The van der Waals surface area contributed by atoms with Gasteiger partial charge in [-0.05, 0) is 50.3 Å². The SMILES string of the molecule is CCCNC(Cc1ccc(C)cn1)C1CCC1. The Kier molecular flexibility index (Phi) is 4.55. The largest absolute Gasteiger partial charge is 0.313 e. The molecular formula is C15H24N2. The van der Waals surface area contributed by atoms with Crippen molar-refractivity contribution < 1.29 is 0 Å². The van der Waals surface area contributed by atoms with E-state index in [1.165, 1.54) is 36.9 Å². The molecule has 1 aliphatic carbocycles. The van der Waals surface area contributed by atoms with Crippen LogP contribution in [0.1, 0.15) is 43.9 Å². The minimum Gasteiger partial charge on any atom is -0.313 e. The lowest BCUT2D eigenvalue weighted by atomic mass is 9.78. The highest BCUT2D eigenvalue weighted by molar-refractivity contribution is 5.13. The first kappa shape index (κ1) is 12.6. The van der Waals surface area contributed by atoms with E-state index in [9.17, 15) is 0 Å². The summed E-state index contributed by atoms with van der Waals surface area (Å²) in [4.78, 5) is 4.53. The maximum atomic E-state index is 4.53. The highest BCUT2D eigenvalue weighted by Crippen LogP contribution is 2.30. The van der Waals surface area contributed by atoms with Gasteiger partial charge in [0.1, 0.15) is 0 Å². The number of pyridine rings is 1. The van der Waals surface area contributed by atoms with Crippen molar-refractivity contribution in [2.45, 2.75) is 52.0 Å². The molecule has 0 aromatic carbocycles. The second-order valence-corrected chi connectivity index (χ2v) is 5.28. The highest BCUT2D eigenvalue weighted by Gasteiger charge is 2.26. The molecule has 1 unspecified atom stereocenters. The molecule has 1 atom stereocenters. The normalized spacial score (nSPS) is 17.8. The lowest BCUT2D eigenvalue weighted by Crippen LogP contribution is -2.41. The monoisotopic (exact) mass is 232 g/mol. The average molecular weight is 232 g/mol. The topological polar surface area (TPSA) is 24.9 Å². The third kappa shape index (κ3) is 3.53. The highest BCUT2D eigenvalue weighted by atomic mass is 14.9. The molecule has 1 heterocycles. The first-order chi connectivity index (χ1) is 8.29. The van der Waals surface area contributed by atoms with Crippen molar-refractivity contribution >= 4 is 0 Å². The van der Waals surface area contributed by atoms with Gasteiger partial charge in [-0.2, -0.15) is 0 Å². The molecule has 0 spiro atoms. The fourth-order valence-corrected chi connectivity index (χ4v) is 2.42. The van der Waals surface area contributed by atoms with E-state index < -0.39 is 0 Å². The Morgan fingerprint density at radius 2 is 2.24 bits per heavy atom. The Balaban J connectivity index is 1.93. The molecule has 0 bridgehead atoms. The quantitative estimate of drug-likeness (QED) is 0.815. The van der Waals surface area contributed by atoms with Crippen molar-refractivity contribution in [3.05, 3.63) is 29.6 Å². The summed E-state index contributed by atoms with van der Waals surface area (Å²) in [5.74, 6) is 0.879. The number of nitrogens with one attached hydrogen (secondary N) is 1. The number of hydrogen-bond acceptors (Lipinski definition) is 2. The van der Waals surface area contributed by atoms with Gasteiger partial charge in [0.25, 0.3) is 0 Å². The van der Waals surface area contributed by atoms with Crippen molar-refractivity contribution in [2.24, 2.45) is 5.92 Å². The van der Waals surface area contributed by atoms with Gasteiger partial charge in [-0.25, -0.2) is 0 Å². The van der Waals surface area contributed by atoms with Crippen LogP contribution < -0.4 is 5.32 Å². The summed E-state index contributed by atoms with van der Waals surface area (Å²) in [5.41, 5.74) is 2.48. The Morgan fingerprint density at radius 3 is 2.76 bits per heavy atom. The molecule has 2 nitrogen and oxygen atoms in total. The van der Waals surface area contributed by atoms with Crippen LogP contribution in [0.5, 0.6) is 0 Å². The molecule has 17 heavy (non-hydrogen) atoms. The zero-order chi connectivity index (χ0) is 12.1. The van der Waals surface area contributed by atoms with Crippen LogP contribution in [0.15, 0.2) is 18.3 Å². The van der Waals surface area contributed by atoms with E-state index in [1.54, 1.807) is 0 Å². The number of hydrogen-bond donors (Lipinski definition) is 1. The lowest BCUT2D eigenvalue weighted by Gasteiger charge is -2.34. The molecule has 0 radical (unpaired) electrons. The minimum atomic E-state index is 0.638. The third-order valence-electron chi connectivity index (χ3n) is 3.78. The van der Waals surface area contributed by atoms with Crippen LogP contribution in [-0.4, -0.2) is 17.6 Å². The molecule has 1 aromatic heterocycles. The summed E-state index contributed by atoms with van der Waals surface area (Å²) in [5, 5.41) is 3.69. The molecule has 2 rings (SSSR count). The van der Waals surface area contributed by atoms with Crippen LogP contribution in [0.3, 0.4) is 0 Å². The smallest absolute Gasteiger partial charge is 0.0419 e. The van der Waals surface area contributed by atoms with Crippen molar-refractivity contribution in [3.8, 4) is 0 Å². The van der Waals surface area contributed by atoms with E-state index in [1.807, 2.05) is 6.20 Å². The Bertz CT molecular complexity index is 327. The van der Waals surface area contributed by atoms with Gasteiger partial charge in [0.15, 0.2) is 0 Å². The van der Waals surface area contributed by atoms with E-state index in [-0.39, 0.29) is 0 Å². The fraction of sp³-hybridized carbons (Fsp3) is 0.667. The Hall–Kier alpha value is -0.890. The van der Waals surface area contributed by atoms with E-state index in [4.69, 9.17) is 0 Å². The average Bonchev–Trinajstić information content (AvgIpc) is 2.26. The molecule has 1 aliphatic rings. The van der Waals surface area contributed by atoms with Crippen LogP contribution >= 0.6 is 0 Å². The first-order valence-electron chi connectivity index (χ1n) is 6.94. The predicted octanol–water partition coefficient (Wildman–Crippen LogP) is 3.10. The minimum absolute atomic E-state index is 0.638. The first-order valence-corrected chi connectivity index (χ1v) is 6.94. The van der Waals surface area contributed by atoms with Gasteiger partial charge in [-0.15, -0.1) is 0 Å². The van der Waals surface area contributed by atoms with Gasteiger partial charge < -0.3 is 5.32 Å². The molecule has 2 heteroatoms. The molecule has 1 aromatic rings. The van der Waals surface area contributed by atoms with E-state index in [0.717, 1.165) is 18.9 Å². The zero-order valence-electron chi connectivity index (χ0n) is 11.1. The van der Waals surface area contributed by atoms with Crippen LogP contribution in [0.2, 0.25) is 0 Å². The number of nitrogens with zero attached hydrogens (tertiary/aromatic N) is 1. The third-order valence-corrected chi connectivity index (χ3v) is 3.78. The van der Waals surface area contributed by atoms with Gasteiger partial charge in [-0.3, -0.25) is 4.98 Å². The van der Waals surface area contributed by atoms with E-state index >= 15 is 0 Å². The Labute approximate surface area is 105 Å². The van der Waals surface area contributed by atoms with Crippen molar-refractivity contribution in [1.82, 2.24) is 10.3 Å². The zero-order valence-corrected chi connectivity index (χ0v) is 11.1. The maximum absolute atomic E-state index is 4.53. The van der Waals surface area contributed by atoms with Crippen molar-refractivity contribution in [2.75, 3.05) is 6.54 Å².